The Labute approximate surface area is 159 Å². The molecule has 2 aromatic rings. The lowest BCUT2D eigenvalue weighted by atomic mass is 10.2. The minimum Gasteiger partial charge on any atom is -0.482 e. The number of nitrogens with one attached hydrogen (secondary N) is 1. The second-order valence-electron chi connectivity index (χ2n) is 5.03. The molecule has 1 N–H and O–H groups in total. The van der Waals surface area contributed by atoms with E-state index in [0.717, 1.165) is 0 Å². The van der Waals surface area contributed by atoms with Crippen molar-refractivity contribution in [1.29, 1.82) is 5.26 Å². The Kier molecular flexibility index (Phi) is 6.78. The highest BCUT2D eigenvalue weighted by molar-refractivity contribution is 6.36. The van der Waals surface area contributed by atoms with Crippen LogP contribution in [0.5, 0.6) is 5.75 Å². The first kappa shape index (κ1) is 19.5. The maximum absolute atomic E-state index is 12.0. The number of ether oxygens (including phenoxy) is 2. The fraction of sp³-hybridized carbons (Fsp3) is 0.176. The summed E-state index contributed by atoms with van der Waals surface area (Å²) < 4.78 is 10.2. The predicted octanol–water partition coefficient (Wildman–Crippen LogP) is 3.21. The number of amides is 1. The van der Waals surface area contributed by atoms with Crippen LogP contribution in [-0.4, -0.2) is 29.6 Å². The van der Waals surface area contributed by atoms with Gasteiger partial charge >= 0.3 is 5.97 Å². The zero-order chi connectivity index (χ0) is 19.1. The average molecular weight is 394 g/mol. The number of nitriles is 1. The van der Waals surface area contributed by atoms with Crippen molar-refractivity contribution in [3.63, 3.8) is 0 Å². The first-order valence-corrected chi connectivity index (χ1v) is 8.09. The largest absolute Gasteiger partial charge is 0.482 e. The number of pyridine rings is 1. The molecule has 0 spiro atoms. The Hall–Kier alpha value is -2.82. The number of halogens is 2. The molecule has 26 heavy (non-hydrogen) atoms. The first-order valence-electron chi connectivity index (χ1n) is 7.33. The van der Waals surface area contributed by atoms with Crippen molar-refractivity contribution in [2.45, 2.75) is 13.0 Å². The number of hydrogen-bond acceptors (Lipinski definition) is 6. The van der Waals surface area contributed by atoms with Gasteiger partial charge in [0.2, 0.25) is 0 Å². The van der Waals surface area contributed by atoms with E-state index in [1.165, 1.54) is 19.2 Å². The van der Waals surface area contributed by atoms with Gasteiger partial charge in [0, 0.05) is 6.20 Å². The summed E-state index contributed by atoms with van der Waals surface area (Å²) in [6.45, 7) is 1.02. The van der Waals surface area contributed by atoms with Crippen molar-refractivity contribution in [3.05, 3.63) is 52.1 Å². The smallest absolute Gasteiger partial charge is 0.344 e. The van der Waals surface area contributed by atoms with Gasteiger partial charge in [0.05, 0.1) is 21.7 Å². The minimum atomic E-state index is -1.08. The highest BCUT2D eigenvalue weighted by Gasteiger charge is 2.19. The van der Waals surface area contributed by atoms with Crippen LogP contribution in [0.25, 0.3) is 0 Å². The van der Waals surface area contributed by atoms with E-state index < -0.39 is 18.0 Å². The molecule has 0 saturated heterocycles. The number of carbonyl (C=O) groups is 2. The highest BCUT2D eigenvalue weighted by atomic mass is 35.5. The van der Waals surface area contributed by atoms with Gasteiger partial charge in [0.15, 0.2) is 18.5 Å². The number of rotatable bonds is 6. The van der Waals surface area contributed by atoms with Gasteiger partial charge in [0.1, 0.15) is 5.75 Å². The molecular formula is C17H13Cl2N3O4. The van der Waals surface area contributed by atoms with Crippen LogP contribution < -0.4 is 10.1 Å². The van der Waals surface area contributed by atoms with E-state index in [4.69, 9.17) is 37.9 Å². The van der Waals surface area contributed by atoms with Gasteiger partial charge in [-0.1, -0.05) is 23.2 Å². The zero-order valence-electron chi connectivity index (χ0n) is 13.5. The second-order valence-corrected chi connectivity index (χ2v) is 5.87. The van der Waals surface area contributed by atoms with E-state index in [-0.39, 0.29) is 17.4 Å². The molecule has 7 nitrogen and oxygen atoms in total. The first-order chi connectivity index (χ1) is 12.4. The van der Waals surface area contributed by atoms with Gasteiger partial charge in [-0.05, 0) is 37.3 Å². The molecule has 1 unspecified atom stereocenters. The van der Waals surface area contributed by atoms with Gasteiger partial charge in [-0.25, -0.2) is 9.78 Å². The monoisotopic (exact) mass is 393 g/mol. The number of nitrogens with zero attached hydrogens (tertiary/aromatic N) is 2. The van der Waals surface area contributed by atoms with Gasteiger partial charge in [-0.3, -0.25) is 4.79 Å². The van der Waals surface area contributed by atoms with Gasteiger partial charge in [-0.15, -0.1) is 0 Å². The predicted molar refractivity (Wildman–Crippen MR) is 95.1 cm³/mol. The van der Waals surface area contributed by atoms with Gasteiger partial charge in [-0.2, -0.15) is 5.26 Å². The lowest BCUT2D eigenvalue weighted by Crippen LogP contribution is -2.32. The molecule has 0 fully saturated rings. The van der Waals surface area contributed by atoms with Crippen LogP contribution in [0.4, 0.5) is 5.82 Å². The van der Waals surface area contributed by atoms with Crippen molar-refractivity contribution in [1.82, 2.24) is 4.98 Å². The van der Waals surface area contributed by atoms with Crippen molar-refractivity contribution in [2.24, 2.45) is 0 Å². The SMILES string of the molecule is CC(OC(=O)COc1ccc(C#N)cc1)C(=O)Nc1ncc(Cl)cc1Cl. The molecule has 2 rings (SSSR count). The summed E-state index contributed by atoms with van der Waals surface area (Å²) in [5.41, 5.74) is 0.472. The number of anilines is 1. The third-order valence-electron chi connectivity index (χ3n) is 3.07. The fourth-order valence-corrected chi connectivity index (χ4v) is 2.20. The molecule has 0 radical (unpaired) electrons. The van der Waals surface area contributed by atoms with Crippen LogP contribution in [0.2, 0.25) is 10.0 Å². The topological polar surface area (TPSA) is 101 Å². The highest BCUT2D eigenvalue weighted by Crippen LogP contribution is 2.22. The lowest BCUT2D eigenvalue weighted by molar-refractivity contribution is -0.155. The second kappa shape index (κ2) is 9.04. The number of carbonyl (C=O) groups excluding carboxylic acids is 2. The summed E-state index contributed by atoms with van der Waals surface area (Å²) in [4.78, 5) is 27.7. The van der Waals surface area contributed by atoms with Gasteiger partial charge < -0.3 is 14.8 Å². The molecule has 0 aliphatic rings. The summed E-state index contributed by atoms with van der Waals surface area (Å²) in [5.74, 6) is -0.825. The van der Waals surface area contributed by atoms with E-state index >= 15 is 0 Å². The maximum atomic E-state index is 12.0. The number of benzene rings is 1. The molecule has 1 aromatic carbocycles. The molecule has 9 heteroatoms. The molecular weight excluding hydrogens is 381 g/mol. The third-order valence-corrected chi connectivity index (χ3v) is 3.56. The minimum absolute atomic E-state index is 0.109. The fourth-order valence-electron chi connectivity index (χ4n) is 1.78. The van der Waals surface area contributed by atoms with Crippen molar-refractivity contribution >= 4 is 40.9 Å². The Bertz CT molecular complexity index is 850. The van der Waals surface area contributed by atoms with Crippen molar-refractivity contribution in [3.8, 4) is 11.8 Å². The maximum Gasteiger partial charge on any atom is 0.344 e. The van der Waals surface area contributed by atoms with Crippen molar-refractivity contribution < 1.29 is 19.1 Å². The lowest BCUT2D eigenvalue weighted by Gasteiger charge is -2.14. The molecule has 0 aliphatic carbocycles. The molecule has 0 bridgehead atoms. The van der Waals surface area contributed by atoms with Crippen LogP contribution in [0.1, 0.15) is 12.5 Å². The molecule has 0 saturated carbocycles. The van der Waals surface area contributed by atoms with E-state index in [9.17, 15) is 9.59 Å². The summed E-state index contributed by atoms with van der Waals surface area (Å²) in [7, 11) is 0. The quantitative estimate of drug-likeness (QED) is 0.755. The summed E-state index contributed by atoms with van der Waals surface area (Å²) in [6, 6.07) is 9.61. The third kappa shape index (κ3) is 5.62. The van der Waals surface area contributed by atoms with Crippen LogP contribution in [0.3, 0.4) is 0 Å². The Morgan fingerprint density at radius 3 is 2.62 bits per heavy atom. The molecule has 1 atom stereocenters. The standard InChI is InChI=1S/C17H13Cl2N3O4/c1-10(17(24)22-16-14(19)6-12(18)8-21-16)26-15(23)9-25-13-4-2-11(7-20)3-5-13/h2-6,8,10H,9H2,1H3,(H,21,22,24). The number of aromatic nitrogens is 1. The molecule has 1 aromatic heterocycles. The molecule has 1 amide bonds. The summed E-state index contributed by atoms with van der Waals surface area (Å²) in [6.07, 6.45) is 0.242. The summed E-state index contributed by atoms with van der Waals surface area (Å²) >= 11 is 11.6. The van der Waals surface area contributed by atoms with Gasteiger partial charge in [0.25, 0.3) is 5.91 Å². The molecule has 1 heterocycles. The van der Waals surface area contributed by atoms with E-state index in [0.29, 0.717) is 16.3 Å². The zero-order valence-corrected chi connectivity index (χ0v) is 15.0. The van der Waals surface area contributed by atoms with Crippen LogP contribution in [0.15, 0.2) is 36.5 Å². The van der Waals surface area contributed by atoms with E-state index in [1.54, 1.807) is 24.3 Å². The molecule has 0 aliphatic heterocycles. The normalized spacial score (nSPS) is 11.2. The average Bonchev–Trinajstić information content (AvgIpc) is 2.62. The Morgan fingerprint density at radius 1 is 1.31 bits per heavy atom. The van der Waals surface area contributed by atoms with Crippen molar-refractivity contribution in [2.75, 3.05) is 11.9 Å². The summed E-state index contributed by atoms with van der Waals surface area (Å²) in [5, 5.41) is 11.6. The Morgan fingerprint density at radius 2 is 2.00 bits per heavy atom. The van der Waals surface area contributed by atoms with E-state index in [2.05, 4.69) is 10.3 Å². The Balaban J connectivity index is 1.83. The number of hydrogen-bond donors (Lipinski definition) is 1. The molecule has 134 valence electrons. The van der Waals surface area contributed by atoms with Crippen LogP contribution in [-0.2, 0) is 14.3 Å². The van der Waals surface area contributed by atoms with Crippen LogP contribution >= 0.6 is 23.2 Å². The van der Waals surface area contributed by atoms with E-state index in [1.807, 2.05) is 6.07 Å². The number of esters is 1. The van der Waals surface area contributed by atoms with Crippen LogP contribution in [0, 0.1) is 11.3 Å².